The average molecular weight is 276 g/mol. The van der Waals surface area contributed by atoms with E-state index in [2.05, 4.69) is 0 Å². The van der Waals surface area contributed by atoms with Gasteiger partial charge in [-0.05, 0) is 18.2 Å². The summed E-state index contributed by atoms with van der Waals surface area (Å²) in [5.74, 6) is 0.719. The fraction of sp³-hybridized carbons (Fsp3) is 0.364. The summed E-state index contributed by atoms with van der Waals surface area (Å²) in [5.41, 5.74) is 6.34. The normalized spacial score (nSPS) is 12.2. The van der Waals surface area contributed by atoms with Crippen LogP contribution in [0.1, 0.15) is 5.56 Å². The summed E-state index contributed by atoms with van der Waals surface area (Å²) >= 11 is 7.32. The Kier molecular flexibility index (Phi) is 5.61. The number of hydrogen-bond donors (Lipinski definition) is 2. The van der Waals surface area contributed by atoms with Crippen LogP contribution in [0.15, 0.2) is 18.2 Å². The molecule has 0 saturated heterocycles. The minimum Gasteiger partial charge on any atom is -0.496 e. The summed E-state index contributed by atoms with van der Waals surface area (Å²) in [7, 11) is 1.58. The number of carbonyl (C=O) groups is 1. The van der Waals surface area contributed by atoms with E-state index in [1.54, 1.807) is 25.3 Å². The molecule has 94 valence electrons. The third-order valence-electron chi connectivity index (χ3n) is 2.11. The van der Waals surface area contributed by atoms with Gasteiger partial charge in [-0.3, -0.25) is 4.79 Å². The van der Waals surface area contributed by atoms with Crippen LogP contribution >= 0.6 is 23.4 Å². The lowest BCUT2D eigenvalue weighted by Gasteiger charge is -2.10. The molecule has 0 aromatic heterocycles. The quantitative estimate of drug-likeness (QED) is 0.831. The van der Waals surface area contributed by atoms with E-state index in [9.17, 15) is 4.79 Å². The summed E-state index contributed by atoms with van der Waals surface area (Å²) in [6, 6.07) is 4.50. The predicted octanol–water partition coefficient (Wildman–Crippen LogP) is 1.99. The zero-order chi connectivity index (χ0) is 12.8. The molecule has 0 spiro atoms. The Morgan fingerprint density at radius 1 is 1.65 bits per heavy atom. The van der Waals surface area contributed by atoms with Crippen LogP contribution in [0, 0.1) is 0 Å². The zero-order valence-electron chi connectivity index (χ0n) is 9.35. The Balaban J connectivity index is 2.56. The van der Waals surface area contributed by atoms with Crippen LogP contribution in [0.3, 0.4) is 0 Å². The molecule has 1 atom stereocenters. The first-order valence-corrected chi connectivity index (χ1v) is 6.46. The summed E-state index contributed by atoms with van der Waals surface area (Å²) in [6.07, 6.45) is 0. The summed E-state index contributed by atoms with van der Waals surface area (Å²) in [6.45, 7) is 0. The van der Waals surface area contributed by atoms with Crippen molar-refractivity contribution >= 4 is 29.3 Å². The number of nitrogens with two attached hydrogens (primary N) is 1. The van der Waals surface area contributed by atoms with Crippen LogP contribution < -0.4 is 10.5 Å². The largest absolute Gasteiger partial charge is 0.496 e. The summed E-state index contributed by atoms with van der Waals surface area (Å²) < 4.78 is 5.19. The number of rotatable bonds is 6. The number of thioether (sulfide) groups is 1. The van der Waals surface area contributed by atoms with Gasteiger partial charge in [0.1, 0.15) is 11.8 Å². The van der Waals surface area contributed by atoms with Gasteiger partial charge in [-0.25, -0.2) is 0 Å². The van der Waals surface area contributed by atoms with Crippen molar-refractivity contribution in [2.45, 2.75) is 11.8 Å². The van der Waals surface area contributed by atoms with Gasteiger partial charge in [-0.1, -0.05) is 11.6 Å². The Hall–Kier alpha value is -0.910. The molecule has 0 aliphatic heterocycles. The first-order chi connectivity index (χ1) is 8.04. The maximum Gasteiger partial charge on any atom is 0.321 e. The molecule has 1 rings (SSSR count). The van der Waals surface area contributed by atoms with Gasteiger partial charge in [-0.2, -0.15) is 11.8 Å². The molecule has 1 unspecified atom stereocenters. The SMILES string of the molecule is COc1ccc(Cl)cc1CSCC(N)C(=O)O. The highest BCUT2D eigenvalue weighted by molar-refractivity contribution is 7.98. The van der Waals surface area contributed by atoms with Gasteiger partial charge in [0.25, 0.3) is 0 Å². The van der Waals surface area contributed by atoms with Gasteiger partial charge >= 0.3 is 5.97 Å². The second-order valence-corrected chi connectivity index (χ2v) is 4.88. The van der Waals surface area contributed by atoms with Crippen molar-refractivity contribution in [3.8, 4) is 5.75 Å². The lowest BCUT2D eigenvalue weighted by atomic mass is 10.2. The van der Waals surface area contributed by atoms with Gasteiger partial charge in [0.05, 0.1) is 7.11 Å². The van der Waals surface area contributed by atoms with Crippen LogP contribution in [0.25, 0.3) is 0 Å². The van der Waals surface area contributed by atoms with Crippen LogP contribution in [0.5, 0.6) is 5.75 Å². The maximum absolute atomic E-state index is 10.5. The molecule has 0 aliphatic carbocycles. The molecule has 1 aromatic rings. The molecule has 0 aliphatic rings. The Labute approximate surface area is 109 Å². The number of methoxy groups -OCH3 is 1. The van der Waals surface area contributed by atoms with E-state index >= 15 is 0 Å². The van der Waals surface area contributed by atoms with E-state index in [1.807, 2.05) is 0 Å². The molecule has 3 N–H and O–H groups in total. The third kappa shape index (κ3) is 4.46. The van der Waals surface area contributed by atoms with E-state index in [-0.39, 0.29) is 0 Å². The summed E-state index contributed by atoms with van der Waals surface area (Å²) in [5, 5.41) is 9.27. The van der Waals surface area contributed by atoms with Crippen LogP contribution in [-0.2, 0) is 10.5 Å². The topological polar surface area (TPSA) is 72.5 Å². The molecule has 0 radical (unpaired) electrons. The Morgan fingerprint density at radius 3 is 2.94 bits per heavy atom. The maximum atomic E-state index is 10.5. The lowest BCUT2D eigenvalue weighted by Crippen LogP contribution is -2.32. The van der Waals surface area contributed by atoms with Crippen molar-refractivity contribution in [3.63, 3.8) is 0 Å². The molecule has 0 heterocycles. The number of carboxylic acid groups (broad SMARTS) is 1. The van der Waals surface area contributed by atoms with Gasteiger partial charge in [0.2, 0.25) is 0 Å². The number of halogens is 1. The van der Waals surface area contributed by atoms with Crippen molar-refractivity contribution in [2.75, 3.05) is 12.9 Å². The first kappa shape index (κ1) is 14.2. The van der Waals surface area contributed by atoms with Crippen molar-refractivity contribution in [3.05, 3.63) is 28.8 Å². The second-order valence-electron chi connectivity index (χ2n) is 3.42. The monoisotopic (exact) mass is 275 g/mol. The molecule has 0 saturated carbocycles. The third-order valence-corrected chi connectivity index (χ3v) is 3.46. The molecule has 4 nitrogen and oxygen atoms in total. The van der Waals surface area contributed by atoms with E-state index in [4.69, 9.17) is 27.2 Å². The van der Waals surface area contributed by atoms with Gasteiger partial charge < -0.3 is 15.6 Å². The van der Waals surface area contributed by atoms with E-state index in [1.165, 1.54) is 11.8 Å². The van der Waals surface area contributed by atoms with Crippen molar-refractivity contribution in [1.29, 1.82) is 0 Å². The number of aliphatic carboxylic acids is 1. The van der Waals surface area contributed by atoms with Crippen molar-refractivity contribution in [2.24, 2.45) is 5.73 Å². The van der Waals surface area contributed by atoms with E-state index in [0.717, 1.165) is 11.3 Å². The van der Waals surface area contributed by atoms with E-state index < -0.39 is 12.0 Å². The molecular formula is C11H14ClNO3S. The molecule has 0 bridgehead atoms. The van der Waals surface area contributed by atoms with Crippen LogP contribution in [-0.4, -0.2) is 30.0 Å². The summed E-state index contributed by atoms with van der Waals surface area (Å²) in [4.78, 5) is 10.5. The molecule has 0 fully saturated rings. The zero-order valence-corrected chi connectivity index (χ0v) is 10.9. The van der Waals surface area contributed by atoms with Gasteiger partial charge in [0, 0.05) is 22.1 Å². The van der Waals surface area contributed by atoms with Gasteiger partial charge in [0.15, 0.2) is 0 Å². The molecule has 6 heteroatoms. The molecule has 0 amide bonds. The standard InChI is InChI=1S/C11H14ClNO3S/c1-16-10-3-2-8(12)4-7(10)5-17-6-9(13)11(14)15/h2-4,9H,5-6,13H2,1H3,(H,14,15). The highest BCUT2D eigenvalue weighted by Gasteiger charge is 2.12. The minimum atomic E-state index is -0.990. The number of ether oxygens (including phenoxy) is 1. The number of hydrogen-bond acceptors (Lipinski definition) is 4. The van der Waals surface area contributed by atoms with Gasteiger partial charge in [-0.15, -0.1) is 0 Å². The fourth-order valence-electron chi connectivity index (χ4n) is 1.23. The molecule has 1 aromatic carbocycles. The fourth-order valence-corrected chi connectivity index (χ4v) is 2.38. The highest BCUT2D eigenvalue weighted by Crippen LogP contribution is 2.26. The second kappa shape index (κ2) is 6.74. The number of carboxylic acids is 1. The Morgan fingerprint density at radius 2 is 2.35 bits per heavy atom. The smallest absolute Gasteiger partial charge is 0.321 e. The van der Waals surface area contributed by atoms with Crippen LogP contribution in [0.2, 0.25) is 5.02 Å². The Bertz CT molecular complexity index is 400. The number of benzene rings is 1. The minimum absolute atomic E-state index is 0.352. The van der Waals surface area contributed by atoms with Crippen LogP contribution in [0.4, 0.5) is 0 Å². The lowest BCUT2D eigenvalue weighted by molar-refractivity contribution is -0.137. The first-order valence-electron chi connectivity index (χ1n) is 4.93. The predicted molar refractivity (Wildman–Crippen MR) is 69.8 cm³/mol. The average Bonchev–Trinajstić information content (AvgIpc) is 2.29. The molecular weight excluding hydrogens is 262 g/mol. The molecule has 17 heavy (non-hydrogen) atoms. The highest BCUT2D eigenvalue weighted by atomic mass is 35.5. The van der Waals surface area contributed by atoms with Crippen molar-refractivity contribution < 1.29 is 14.6 Å². The van der Waals surface area contributed by atoms with Crippen molar-refractivity contribution in [1.82, 2.24) is 0 Å². The van der Waals surface area contributed by atoms with E-state index in [0.29, 0.717) is 16.5 Å².